The first-order chi connectivity index (χ1) is 8.20. The summed E-state index contributed by atoms with van der Waals surface area (Å²) < 4.78 is 0. The molecule has 6 nitrogen and oxygen atoms in total. The number of anilines is 1. The van der Waals surface area contributed by atoms with Gasteiger partial charge in [-0.2, -0.15) is 0 Å². The van der Waals surface area contributed by atoms with Crippen LogP contribution in [0.1, 0.15) is 0 Å². The summed E-state index contributed by atoms with van der Waals surface area (Å²) in [5.74, 6) is -0.873. The van der Waals surface area contributed by atoms with E-state index in [1.54, 1.807) is 13.4 Å². The average Bonchev–Trinajstić information content (AvgIpc) is 2.76. The van der Waals surface area contributed by atoms with E-state index in [-0.39, 0.29) is 0 Å². The Bertz CT molecular complexity index is 523. The smallest absolute Gasteiger partial charge is 0.322 e. The van der Waals surface area contributed by atoms with Gasteiger partial charge in [0.05, 0.1) is 17.4 Å². The summed E-state index contributed by atoms with van der Waals surface area (Å²) in [6.07, 6.45) is 1.63. The number of nitrogens with zero attached hydrogens (tertiary/aromatic N) is 1. The molecule has 0 spiro atoms. The van der Waals surface area contributed by atoms with Gasteiger partial charge in [-0.1, -0.05) is 0 Å². The van der Waals surface area contributed by atoms with Gasteiger partial charge in [0.1, 0.15) is 6.04 Å². The van der Waals surface area contributed by atoms with Crippen molar-refractivity contribution in [2.75, 3.05) is 18.9 Å². The molecule has 17 heavy (non-hydrogen) atoms. The van der Waals surface area contributed by atoms with Crippen molar-refractivity contribution in [2.24, 2.45) is 0 Å². The van der Waals surface area contributed by atoms with Crippen molar-refractivity contribution >= 4 is 22.7 Å². The van der Waals surface area contributed by atoms with E-state index in [0.29, 0.717) is 6.54 Å². The Morgan fingerprint density at radius 2 is 2.41 bits per heavy atom. The van der Waals surface area contributed by atoms with Crippen molar-refractivity contribution in [3.05, 3.63) is 24.5 Å². The summed E-state index contributed by atoms with van der Waals surface area (Å²) in [5.41, 5.74) is 2.67. The molecule has 1 aromatic heterocycles. The lowest BCUT2D eigenvalue weighted by atomic mass is 10.2. The van der Waals surface area contributed by atoms with E-state index in [2.05, 4.69) is 20.6 Å². The van der Waals surface area contributed by atoms with Gasteiger partial charge in [-0.3, -0.25) is 4.79 Å². The standard InChI is InChI=1S/C11H14N4O2/c1-12-10(11(16)17)5-13-7-2-3-8-9(4-7)15-6-14-8/h2-4,6,10,12-13H,5H2,1H3,(H,14,15)(H,16,17). The number of carboxylic acid groups (broad SMARTS) is 1. The molecule has 0 fully saturated rings. The van der Waals surface area contributed by atoms with E-state index >= 15 is 0 Å². The number of benzene rings is 1. The maximum Gasteiger partial charge on any atom is 0.322 e. The van der Waals surface area contributed by atoms with Gasteiger partial charge in [-0.15, -0.1) is 0 Å². The zero-order valence-corrected chi connectivity index (χ0v) is 9.40. The van der Waals surface area contributed by atoms with Gasteiger partial charge in [0.25, 0.3) is 0 Å². The van der Waals surface area contributed by atoms with Gasteiger partial charge >= 0.3 is 5.97 Å². The largest absolute Gasteiger partial charge is 0.480 e. The number of aromatic amines is 1. The van der Waals surface area contributed by atoms with Crippen molar-refractivity contribution in [1.82, 2.24) is 15.3 Å². The zero-order chi connectivity index (χ0) is 12.3. The third kappa shape index (κ3) is 2.54. The van der Waals surface area contributed by atoms with Crippen molar-refractivity contribution in [2.45, 2.75) is 6.04 Å². The molecular weight excluding hydrogens is 220 g/mol. The second-order valence-electron chi connectivity index (χ2n) is 3.69. The molecule has 4 N–H and O–H groups in total. The molecule has 0 aliphatic rings. The molecule has 1 aromatic carbocycles. The molecule has 2 aromatic rings. The van der Waals surface area contributed by atoms with Crippen LogP contribution in [0.5, 0.6) is 0 Å². The molecule has 0 bridgehead atoms. The topological polar surface area (TPSA) is 90.0 Å². The normalized spacial score (nSPS) is 12.5. The highest BCUT2D eigenvalue weighted by molar-refractivity contribution is 5.79. The van der Waals surface area contributed by atoms with Crippen LogP contribution in [0.3, 0.4) is 0 Å². The molecule has 1 heterocycles. The molecule has 0 radical (unpaired) electrons. The van der Waals surface area contributed by atoms with Crippen LogP contribution in [-0.2, 0) is 4.79 Å². The number of imidazole rings is 1. The maximum atomic E-state index is 10.8. The van der Waals surface area contributed by atoms with E-state index in [9.17, 15) is 4.79 Å². The van der Waals surface area contributed by atoms with Gasteiger partial charge in [0.15, 0.2) is 0 Å². The molecule has 2 rings (SSSR count). The monoisotopic (exact) mass is 234 g/mol. The second kappa shape index (κ2) is 4.84. The SMILES string of the molecule is CNC(CNc1ccc2nc[nH]c2c1)C(=O)O. The summed E-state index contributed by atoms with van der Waals surface area (Å²) in [6.45, 7) is 0.325. The Morgan fingerprint density at radius 1 is 1.59 bits per heavy atom. The number of likely N-dealkylation sites (N-methyl/N-ethyl adjacent to an activating group) is 1. The third-order valence-electron chi connectivity index (χ3n) is 2.58. The van der Waals surface area contributed by atoms with Crippen LogP contribution < -0.4 is 10.6 Å². The summed E-state index contributed by atoms with van der Waals surface area (Å²) in [6, 6.07) is 5.05. The molecule has 1 unspecified atom stereocenters. The molecule has 0 saturated carbocycles. The fraction of sp³-hybridized carbons (Fsp3) is 0.273. The van der Waals surface area contributed by atoms with Crippen LogP contribution in [0.2, 0.25) is 0 Å². The van der Waals surface area contributed by atoms with Gasteiger partial charge in [0, 0.05) is 12.2 Å². The highest BCUT2D eigenvalue weighted by Crippen LogP contribution is 2.15. The van der Waals surface area contributed by atoms with E-state index in [1.807, 2.05) is 18.2 Å². The average molecular weight is 234 g/mol. The highest BCUT2D eigenvalue weighted by Gasteiger charge is 2.13. The predicted molar refractivity (Wildman–Crippen MR) is 65.1 cm³/mol. The number of rotatable bonds is 5. The summed E-state index contributed by atoms with van der Waals surface area (Å²) >= 11 is 0. The van der Waals surface area contributed by atoms with Crippen LogP contribution in [0.15, 0.2) is 24.5 Å². The molecule has 90 valence electrons. The highest BCUT2D eigenvalue weighted by atomic mass is 16.4. The molecule has 0 amide bonds. The number of hydrogen-bond acceptors (Lipinski definition) is 4. The van der Waals surface area contributed by atoms with Gasteiger partial charge in [-0.05, 0) is 25.2 Å². The predicted octanol–water partition coefficient (Wildman–Crippen LogP) is 0.647. The Kier molecular flexibility index (Phi) is 3.24. The quantitative estimate of drug-likeness (QED) is 0.610. The molecule has 0 saturated heterocycles. The van der Waals surface area contributed by atoms with E-state index in [1.165, 1.54) is 0 Å². The first-order valence-corrected chi connectivity index (χ1v) is 5.28. The Labute approximate surface area is 98.1 Å². The number of H-pyrrole nitrogens is 1. The van der Waals surface area contributed by atoms with Gasteiger partial charge < -0.3 is 20.7 Å². The second-order valence-corrected chi connectivity index (χ2v) is 3.69. The lowest BCUT2D eigenvalue weighted by molar-refractivity contribution is -0.138. The van der Waals surface area contributed by atoms with Crippen molar-refractivity contribution in [1.29, 1.82) is 0 Å². The number of carboxylic acids is 1. The Balaban J connectivity index is 2.05. The number of aromatic nitrogens is 2. The maximum absolute atomic E-state index is 10.8. The first kappa shape index (κ1) is 11.4. The molecular formula is C11H14N4O2. The number of fused-ring (bicyclic) bond motifs is 1. The number of carbonyl (C=O) groups is 1. The molecule has 1 atom stereocenters. The van der Waals surface area contributed by atoms with Crippen LogP contribution >= 0.6 is 0 Å². The third-order valence-corrected chi connectivity index (χ3v) is 2.58. The van der Waals surface area contributed by atoms with Crippen molar-refractivity contribution in [3.8, 4) is 0 Å². The van der Waals surface area contributed by atoms with Crippen LogP contribution in [-0.4, -0.2) is 40.7 Å². The van der Waals surface area contributed by atoms with Gasteiger partial charge in [0.2, 0.25) is 0 Å². The number of nitrogens with one attached hydrogen (secondary N) is 3. The number of hydrogen-bond donors (Lipinski definition) is 4. The van der Waals surface area contributed by atoms with Crippen LogP contribution in [0.4, 0.5) is 5.69 Å². The fourth-order valence-corrected chi connectivity index (χ4v) is 1.58. The van der Waals surface area contributed by atoms with Crippen molar-refractivity contribution < 1.29 is 9.90 Å². The zero-order valence-electron chi connectivity index (χ0n) is 9.40. The van der Waals surface area contributed by atoms with E-state index in [4.69, 9.17) is 5.11 Å². The molecule has 6 heteroatoms. The summed E-state index contributed by atoms with van der Waals surface area (Å²) in [4.78, 5) is 17.9. The van der Waals surface area contributed by atoms with Crippen LogP contribution in [0.25, 0.3) is 11.0 Å². The summed E-state index contributed by atoms with van der Waals surface area (Å²) in [5, 5.41) is 14.7. The lowest BCUT2D eigenvalue weighted by Crippen LogP contribution is -2.39. The number of aliphatic carboxylic acids is 1. The molecule has 0 aliphatic heterocycles. The molecule has 0 aliphatic carbocycles. The minimum atomic E-state index is -0.873. The van der Waals surface area contributed by atoms with Crippen LogP contribution in [0, 0.1) is 0 Å². The van der Waals surface area contributed by atoms with Crippen molar-refractivity contribution in [3.63, 3.8) is 0 Å². The fourth-order valence-electron chi connectivity index (χ4n) is 1.58. The van der Waals surface area contributed by atoms with Gasteiger partial charge in [-0.25, -0.2) is 4.98 Å². The lowest BCUT2D eigenvalue weighted by Gasteiger charge is -2.13. The Morgan fingerprint density at radius 3 is 3.12 bits per heavy atom. The minimum Gasteiger partial charge on any atom is -0.480 e. The van der Waals surface area contributed by atoms with E-state index in [0.717, 1.165) is 16.7 Å². The summed E-state index contributed by atoms with van der Waals surface area (Å²) in [7, 11) is 1.62. The van der Waals surface area contributed by atoms with E-state index < -0.39 is 12.0 Å². The Hall–Kier alpha value is -2.08. The minimum absolute atomic E-state index is 0.325. The first-order valence-electron chi connectivity index (χ1n) is 5.28.